The largest absolute Gasteiger partial charge is 0.450 e. The van der Waals surface area contributed by atoms with Crippen molar-refractivity contribution in [3.8, 4) is 0 Å². The van der Waals surface area contributed by atoms with Crippen LogP contribution in [0.25, 0.3) is 0 Å². The second kappa shape index (κ2) is 9.37. The van der Waals surface area contributed by atoms with Gasteiger partial charge in [-0.25, -0.2) is 9.13 Å². The van der Waals surface area contributed by atoms with E-state index in [0.717, 1.165) is 20.0 Å². The highest BCUT2D eigenvalue weighted by molar-refractivity contribution is 4.77. The zero-order chi connectivity index (χ0) is 17.4. The Balaban J connectivity index is 0.000000238. The van der Waals surface area contributed by atoms with Crippen molar-refractivity contribution in [1.29, 1.82) is 0 Å². The molecule has 2 heterocycles. The molecule has 0 amide bonds. The van der Waals surface area contributed by atoms with Crippen LogP contribution in [0.4, 0.5) is 13.2 Å². The van der Waals surface area contributed by atoms with Gasteiger partial charge >= 0.3 is 18.0 Å². The van der Waals surface area contributed by atoms with Gasteiger partial charge in [-0.2, -0.15) is 17.9 Å². The molecule has 130 valence electrons. The molecule has 4 nitrogen and oxygen atoms in total. The van der Waals surface area contributed by atoms with E-state index in [1.165, 1.54) is 12.8 Å². The van der Waals surface area contributed by atoms with Crippen LogP contribution in [0.3, 0.4) is 0 Å². The van der Waals surface area contributed by atoms with Gasteiger partial charge in [-0.05, 0) is 12.8 Å². The highest BCUT2D eigenvalue weighted by Gasteiger charge is 2.28. The molecule has 7 heteroatoms. The quantitative estimate of drug-likeness (QED) is 0.724. The molecule has 2 aromatic heterocycles. The van der Waals surface area contributed by atoms with Crippen LogP contribution in [-0.4, -0.2) is 9.13 Å². The Morgan fingerprint density at radius 2 is 1.61 bits per heavy atom. The fourth-order valence-electron chi connectivity index (χ4n) is 2.07. The minimum atomic E-state index is -1.16. The molecular formula is C16H27F3N4+2. The molecule has 0 fully saturated rings. The molecule has 0 unspecified atom stereocenters. The first-order valence-corrected chi connectivity index (χ1v) is 8.02. The van der Waals surface area contributed by atoms with Crippen molar-refractivity contribution in [3.05, 3.63) is 36.7 Å². The fourth-order valence-corrected chi connectivity index (χ4v) is 2.07. The number of rotatable bonds is 6. The number of hydrogen-bond acceptors (Lipinski definition) is 0. The standard InChI is InChI=1S/C8H12F3N2.C8H15N2/c1-3-4-5-13-7(10)6(9)12(2)8(13)11;1-3-4-5-10-7-6-9(2)8-10/h3-5H2,1-2H3;6-8H,3-5H2,1-2H3/q2*+1. The lowest BCUT2D eigenvalue weighted by Crippen LogP contribution is -2.35. The smallest absolute Gasteiger partial charge is 0.240 e. The number of unbranched alkanes of at least 4 members (excludes halogenated alkanes) is 2. The molecule has 0 aliphatic heterocycles. The molecule has 0 aliphatic carbocycles. The van der Waals surface area contributed by atoms with E-state index >= 15 is 0 Å². The number of nitrogens with zero attached hydrogens (tertiary/aromatic N) is 4. The van der Waals surface area contributed by atoms with Crippen LogP contribution in [0, 0.1) is 18.0 Å². The third-order valence-electron chi connectivity index (χ3n) is 3.53. The maximum atomic E-state index is 13.1. The Morgan fingerprint density at radius 1 is 1.00 bits per heavy atom. The van der Waals surface area contributed by atoms with Crippen molar-refractivity contribution in [2.75, 3.05) is 0 Å². The van der Waals surface area contributed by atoms with Crippen molar-refractivity contribution < 1.29 is 22.3 Å². The SMILES string of the molecule is CCCCn1c(F)c(F)[n+](C)c1F.CCCCn1cc[n+](C)c1. The third-order valence-corrected chi connectivity index (χ3v) is 3.53. The Labute approximate surface area is 135 Å². The molecule has 0 aromatic carbocycles. The van der Waals surface area contributed by atoms with Gasteiger partial charge in [-0.3, -0.25) is 0 Å². The van der Waals surface area contributed by atoms with E-state index in [-0.39, 0.29) is 6.54 Å². The lowest BCUT2D eigenvalue weighted by atomic mass is 10.3. The summed E-state index contributed by atoms with van der Waals surface area (Å²) < 4.78 is 44.3. The van der Waals surface area contributed by atoms with Crippen molar-refractivity contribution in [3.63, 3.8) is 0 Å². The number of aromatic nitrogens is 4. The maximum absolute atomic E-state index is 13.1. The van der Waals surface area contributed by atoms with Crippen LogP contribution in [0.2, 0.25) is 0 Å². The third kappa shape index (κ3) is 5.41. The van der Waals surface area contributed by atoms with E-state index in [1.807, 2.05) is 14.0 Å². The number of imidazole rings is 2. The molecule has 0 spiro atoms. The second-order valence-corrected chi connectivity index (χ2v) is 5.59. The molecule has 0 atom stereocenters. The Hall–Kier alpha value is -1.79. The van der Waals surface area contributed by atoms with E-state index in [0.29, 0.717) is 15.6 Å². The number of hydrogen-bond donors (Lipinski definition) is 0. The number of halogens is 3. The lowest BCUT2D eigenvalue weighted by molar-refractivity contribution is -0.727. The van der Waals surface area contributed by atoms with Crippen molar-refractivity contribution in [2.24, 2.45) is 14.1 Å². The Morgan fingerprint density at radius 3 is 2.04 bits per heavy atom. The first-order chi connectivity index (χ1) is 10.9. The summed E-state index contributed by atoms with van der Waals surface area (Å²) in [5, 5.41) is 0. The maximum Gasteiger partial charge on any atom is 0.450 e. The van der Waals surface area contributed by atoms with Crippen molar-refractivity contribution >= 4 is 0 Å². The minimum absolute atomic E-state index is 0.173. The summed E-state index contributed by atoms with van der Waals surface area (Å²) in [5.41, 5.74) is 0. The first-order valence-electron chi connectivity index (χ1n) is 8.02. The van der Waals surface area contributed by atoms with Crippen LogP contribution in [0.1, 0.15) is 39.5 Å². The summed E-state index contributed by atoms with van der Waals surface area (Å²) in [7, 11) is 3.19. The zero-order valence-electron chi connectivity index (χ0n) is 14.4. The monoisotopic (exact) mass is 332 g/mol. The first kappa shape index (κ1) is 19.3. The van der Waals surface area contributed by atoms with Gasteiger partial charge in [0.1, 0.15) is 12.4 Å². The summed E-state index contributed by atoms with van der Waals surface area (Å²) in [4.78, 5) is 0. The highest BCUT2D eigenvalue weighted by Crippen LogP contribution is 2.06. The molecule has 0 saturated carbocycles. The van der Waals surface area contributed by atoms with Crippen LogP contribution in [0.5, 0.6) is 0 Å². The van der Waals surface area contributed by atoms with Crippen LogP contribution in [0.15, 0.2) is 18.7 Å². The summed E-state index contributed by atoms with van der Waals surface area (Å²) in [5.74, 6) is -2.29. The molecular weight excluding hydrogens is 305 g/mol. The van der Waals surface area contributed by atoms with Gasteiger partial charge in [-0.15, -0.1) is 4.39 Å². The van der Waals surface area contributed by atoms with E-state index in [4.69, 9.17) is 0 Å². The Kier molecular flexibility index (Phi) is 7.85. The molecule has 0 N–H and O–H groups in total. The van der Waals surface area contributed by atoms with Gasteiger partial charge in [0.15, 0.2) is 0 Å². The number of aryl methyl sites for hydroxylation is 2. The average Bonchev–Trinajstić information content (AvgIpc) is 3.03. The summed E-state index contributed by atoms with van der Waals surface area (Å²) in [6.07, 6.45) is 9.37. The predicted octanol–water partition coefficient (Wildman–Crippen LogP) is 2.64. The van der Waals surface area contributed by atoms with Crippen LogP contribution in [-0.2, 0) is 27.2 Å². The lowest BCUT2D eigenvalue weighted by Gasteiger charge is -1.93. The van der Waals surface area contributed by atoms with Crippen LogP contribution >= 0.6 is 0 Å². The summed E-state index contributed by atoms with van der Waals surface area (Å²) in [6.45, 7) is 5.43. The normalized spacial score (nSPS) is 10.6. The summed E-state index contributed by atoms with van der Waals surface area (Å²) in [6, 6.07) is 0. The molecule has 0 aliphatic rings. The van der Waals surface area contributed by atoms with Gasteiger partial charge in [-0.1, -0.05) is 26.7 Å². The second-order valence-electron chi connectivity index (χ2n) is 5.59. The van der Waals surface area contributed by atoms with E-state index < -0.39 is 18.0 Å². The molecule has 2 aromatic rings. The van der Waals surface area contributed by atoms with Gasteiger partial charge in [0.2, 0.25) is 6.33 Å². The Bertz CT molecular complexity index is 579. The zero-order valence-corrected chi connectivity index (χ0v) is 14.4. The van der Waals surface area contributed by atoms with Gasteiger partial charge in [0.05, 0.1) is 27.2 Å². The highest BCUT2D eigenvalue weighted by atomic mass is 19.2. The van der Waals surface area contributed by atoms with Gasteiger partial charge < -0.3 is 0 Å². The van der Waals surface area contributed by atoms with Gasteiger partial charge in [0.25, 0.3) is 0 Å². The van der Waals surface area contributed by atoms with E-state index in [2.05, 4.69) is 34.8 Å². The molecule has 0 radical (unpaired) electrons. The predicted molar refractivity (Wildman–Crippen MR) is 80.9 cm³/mol. The van der Waals surface area contributed by atoms with Crippen molar-refractivity contribution in [1.82, 2.24) is 9.13 Å². The molecule has 2 rings (SSSR count). The average molecular weight is 332 g/mol. The van der Waals surface area contributed by atoms with Crippen molar-refractivity contribution in [2.45, 2.75) is 52.6 Å². The van der Waals surface area contributed by atoms with Crippen LogP contribution < -0.4 is 9.13 Å². The molecule has 0 saturated heterocycles. The molecule has 23 heavy (non-hydrogen) atoms. The van der Waals surface area contributed by atoms with Gasteiger partial charge in [0, 0.05) is 0 Å². The minimum Gasteiger partial charge on any atom is -0.240 e. The summed E-state index contributed by atoms with van der Waals surface area (Å²) >= 11 is 0. The van der Waals surface area contributed by atoms with E-state index in [1.54, 1.807) is 0 Å². The van der Waals surface area contributed by atoms with E-state index in [9.17, 15) is 13.2 Å². The fraction of sp³-hybridized carbons (Fsp3) is 0.625. The molecule has 0 bridgehead atoms. The topological polar surface area (TPSA) is 17.6 Å².